The molecule has 0 aliphatic carbocycles. The van der Waals surface area contributed by atoms with Crippen LogP contribution in [0.5, 0.6) is 0 Å². The van der Waals surface area contributed by atoms with Crippen LogP contribution >= 0.6 is 12.4 Å². The Hall–Kier alpha value is -2.21. The number of carbonyl (C=O) groups excluding carboxylic acids is 2. The molecule has 0 spiro atoms. The first-order chi connectivity index (χ1) is 13.2. The fourth-order valence-electron chi connectivity index (χ4n) is 3.34. The van der Waals surface area contributed by atoms with Crippen molar-refractivity contribution in [3.8, 4) is 0 Å². The first-order valence-corrected chi connectivity index (χ1v) is 9.50. The molecule has 2 aromatic carbocycles. The van der Waals surface area contributed by atoms with Gasteiger partial charge >= 0.3 is 0 Å². The van der Waals surface area contributed by atoms with Crippen molar-refractivity contribution in [2.45, 2.75) is 25.4 Å². The Balaban J connectivity index is 0.00000280. The lowest BCUT2D eigenvalue weighted by Gasteiger charge is -2.32. The Kier molecular flexibility index (Phi) is 8.64. The minimum absolute atomic E-state index is 0. The monoisotopic (exact) mass is 402 g/mol. The van der Waals surface area contributed by atoms with Crippen molar-refractivity contribution in [2.24, 2.45) is 5.73 Å². The number of nitrogens with two attached hydrogens (primary N) is 1. The van der Waals surface area contributed by atoms with Gasteiger partial charge in [0.15, 0.2) is 5.78 Å². The van der Waals surface area contributed by atoms with Crippen LogP contribution in [0.1, 0.15) is 45.5 Å². The highest BCUT2D eigenvalue weighted by molar-refractivity contribution is 6.15. The van der Waals surface area contributed by atoms with Gasteiger partial charge in [0.05, 0.1) is 11.7 Å². The number of amides is 1. The average molecular weight is 403 g/mol. The number of hydrogen-bond acceptors (Lipinski definition) is 4. The van der Waals surface area contributed by atoms with Gasteiger partial charge in [-0.3, -0.25) is 9.59 Å². The number of rotatable bonds is 7. The third-order valence-electron chi connectivity index (χ3n) is 4.87. The molecule has 1 amide bonds. The number of piperidine rings is 1. The highest BCUT2D eigenvalue weighted by atomic mass is 35.5. The summed E-state index contributed by atoms with van der Waals surface area (Å²) in [7, 11) is 0. The Morgan fingerprint density at radius 1 is 0.964 bits per heavy atom. The number of ketones is 1. The molecule has 0 radical (unpaired) electrons. The van der Waals surface area contributed by atoms with E-state index in [1.54, 1.807) is 36.4 Å². The largest absolute Gasteiger partial charge is 0.378 e. The molecule has 2 aromatic rings. The highest BCUT2D eigenvalue weighted by Gasteiger charge is 2.26. The fourth-order valence-corrected chi connectivity index (χ4v) is 3.34. The van der Waals surface area contributed by atoms with Crippen molar-refractivity contribution >= 4 is 24.1 Å². The molecule has 0 bridgehead atoms. The second-order valence-corrected chi connectivity index (χ2v) is 6.75. The van der Waals surface area contributed by atoms with Gasteiger partial charge in [-0.25, -0.2) is 0 Å². The van der Waals surface area contributed by atoms with E-state index < -0.39 is 0 Å². The lowest BCUT2D eigenvalue weighted by Crippen LogP contribution is -2.41. The molecule has 1 fully saturated rings. The minimum atomic E-state index is -0.125. The van der Waals surface area contributed by atoms with Crippen LogP contribution in [0, 0.1) is 0 Å². The predicted molar refractivity (Wildman–Crippen MR) is 112 cm³/mol. The first-order valence-electron chi connectivity index (χ1n) is 9.50. The molecule has 1 saturated heterocycles. The molecule has 0 unspecified atom stereocenters. The van der Waals surface area contributed by atoms with Gasteiger partial charge in [0.2, 0.25) is 0 Å². The van der Waals surface area contributed by atoms with Crippen LogP contribution in [0.3, 0.4) is 0 Å². The van der Waals surface area contributed by atoms with E-state index in [0.717, 1.165) is 19.3 Å². The zero-order valence-electron chi connectivity index (χ0n) is 15.9. The van der Waals surface area contributed by atoms with E-state index in [-0.39, 0.29) is 30.2 Å². The molecule has 0 aromatic heterocycles. The zero-order chi connectivity index (χ0) is 19.1. The van der Waals surface area contributed by atoms with Gasteiger partial charge in [0.25, 0.3) is 5.91 Å². The highest BCUT2D eigenvalue weighted by Crippen LogP contribution is 2.20. The molecule has 0 saturated carbocycles. The van der Waals surface area contributed by atoms with E-state index in [2.05, 4.69) is 0 Å². The van der Waals surface area contributed by atoms with Crippen molar-refractivity contribution < 1.29 is 14.3 Å². The molecule has 1 aliphatic rings. The summed E-state index contributed by atoms with van der Waals surface area (Å²) in [5, 5.41) is 0. The molecule has 1 aliphatic heterocycles. The van der Waals surface area contributed by atoms with Crippen molar-refractivity contribution in [1.82, 2.24) is 4.90 Å². The summed E-state index contributed by atoms with van der Waals surface area (Å²) in [4.78, 5) is 27.7. The number of halogens is 1. The van der Waals surface area contributed by atoms with Crippen LogP contribution in [0.25, 0.3) is 0 Å². The summed E-state index contributed by atoms with van der Waals surface area (Å²) in [5.41, 5.74) is 7.00. The van der Waals surface area contributed by atoms with Gasteiger partial charge in [0.1, 0.15) is 0 Å². The SMILES string of the molecule is Cl.NCCCOC1CCN(C(=O)c2ccccc2C(=O)c2ccccc2)CC1. The topological polar surface area (TPSA) is 72.6 Å². The summed E-state index contributed by atoms with van der Waals surface area (Å²) in [6.45, 7) is 2.58. The summed E-state index contributed by atoms with van der Waals surface area (Å²) >= 11 is 0. The molecule has 2 N–H and O–H groups in total. The van der Waals surface area contributed by atoms with E-state index in [4.69, 9.17) is 10.5 Å². The lowest BCUT2D eigenvalue weighted by atomic mass is 9.97. The molecular formula is C22H27ClN2O3. The smallest absolute Gasteiger partial charge is 0.254 e. The van der Waals surface area contributed by atoms with Gasteiger partial charge in [-0.15, -0.1) is 12.4 Å². The molecule has 1 heterocycles. The Morgan fingerprint density at radius 3 is 2.21 bits per heavy atom. The van der Waals surface area contributed by atoms with Crippen LogP contribution < -0.4 is 5.73 Å². The van der Waals surface area contributed by atoms with Crippen molar-refractivity contribution in [3.05, 3.63) is 71.3 Å². The number of carbonyl (C=O) groups is 2. The Labute approximate surface area is 172 Å². The average Bonchev–Trinajstić information content (AvgIpc) is 2.74. The number of hydrogen-bond donors (Lipinski definition) is 1. The van der Waals surface area contributed by atoms with Gasteiger partial charge < -0.3 is 15.4 Å². The molecule has 5 nitrogen and oxygen atoms in total. The number of nitrogens with zero attached hydrogens (tertiary/aromatic N) is 1. The fraction of sp³-hybridized carbons (Fsp3) is 0.364. The maximum atomic E-state index is 13.0. The van der Waals surface area contributed by atoms with Gasteiger partial charge in [-0.2, -0.15) is 0 Å². The summed E-state index contributed by atoms with van der Waals surface area (Å²) in [5.74, 6) is -0.213. The van der Waals surface area contributed by atoms with E-state index in [9.17, 15) is 9.59 Å². The van der Waals surface area contributed by atoms with Gasteiger partial charge in [-0.1, -0.05) is 48.5 Å². The third-order valence-corrected chi connectivity index (χ3v) is 4.87. The van der Waals surface area contributed by atoms with Crippen LogP contribution in [-0.2, 0) is 4.74 Å². The molecule has 3 rings (SSSR count). The second kappa shape index (κ2) is 11.0. The lowest BCUT2D eigenvalue weighted by molar-refractivity contribution is 0.00840. The second-order valence-electron chi connectivity index (χ2n) is 6.75. The van der Waals surface area contributed by atoms with E-state index >= 15 is 0 Å². The number of ether oxygens (including phenoxy) is 1. The summed E-state index contributed by atoms with van der Waals surface area (Å²) < 4.78 is 5.80. The Bertz CT molecular complexity index is 774. The first kappa shape index (κ1) is 22.1. The minimum Gasteiger partial charge on any atom is -0.378 e. The molecule has 0 atom stereocenters. The molecule has 150 valence electrons. The summed E-state index contributed by atoms with van der Waals surface area (Å²) in [6, 6.07) is 16.1. The quantitative estimate of drug-likeness (QED) is 0.569. The molecule has 28 heavy (non-hydrogen) atoms. The molecule has 6 heteroatoms. The van der Waals surface area contributed by atoms with Gasteiger partial charge in [-0.05, 0) is 31.9 Å². The van der Waals surface area contributed by atoms with Crippen molar-refractivity contribution in [2.75, 3.05) is 26.2 Å². The van der Waals surface area contributed by atoms with Crippen molar-refractivity contribution in [3.63, 3.8) is 0 Å². The maximum absolute atomic E-state index is 13.0. The predicted octanol–water partition coefficient (Wildman–Crippen LogP) is 3.31. The number of likely N-dealkylation sites (tertiary alicyclic amines) is 1. The Morgan fingerprint density at radius 2 is 1.57 bits per heavy atom. The summed E-state index contributed by atoms with van der Waals surface area (Å²) in [6.07, 6.45) is 2.66. The maximum Gasteiger partial charge on any atom is 0.254 e. The zero-order valence-corrected chi connectivity index (χ0v) is 16.7. The van der Waals surface area contributed by atoms with Crippen LogP contribution in [-0.4, -0.2) is 48.9 Å². The van der Waals surface area contributed by atoms with Gasteiger partial charge in [0, 0.05) is 30.8 Å². The van der Waals surface area contributed by atoms with E-state index in [1.807, 2.05) is 23.1 Å². The number of benzene rings is 2. The van der Waals surface area contributed by atoms with Crippen LogP contribution in [0.15, 0.2) is 54.6 Å². The van der Waals surface area contributed by atoms with E-state index in [0.29, 0.717) is 42.9 Å². The van der Waals surface area contributed by atoms with E-state index in [1.165, 1.54) is 0 Å². The normalized spacial score (nSPS) is 14.4. The van der Waals surface area contributed by atoms with Crippen molar-refractivity contribution in [1.29, 1.82) is 0 Å². The van der Waals surface area contributed by atoms with Crippen LogP contribution in [0.4, 0.5) is 0 Å². The third kappa shape index (κ3) is 5.41. The standard InChI is InChI=1S/C22H26N2O3.ClH/c23-13-6-16-27-18-11-14-24(15-12-18)22(26)20-10-5-4-9-19(20)21(25)17-7-2-1-3-8-17;/h1-5,7-10,18H,6,11-16,23H2;1H. The molecular weight excluding hydrogens is 376 g/mol. The van der Waals surface area contributed by atoms with Crippen LogP contribution in [0.2, 0.25) is 0 Å².